The second-order valence-corrected chi connectivity index (χ2v) is 7.46. The van der Waals surface area contributed by atoms with Gasteiger partial charge in [0.2, 0.25) is 11.8 Å². The molecular formula is C19H21F3N4O4S. The number of benzene rings is 1. The predicted octanol–water partition coefficient (Wildman–Crippen LogP) is 3.12. The molecule has 1 aromatic heterocycles. The fourth-order valence-electron chi connectivity index (χ4n) is 2.70. The number of thiazole rings is 1. The van der Waals surface area contributed by atoms with Crippen molar-refractivity contribution in [2.24, 2.45) is 0 Å². The lowest BCUT2D eigenvalue weighted by Crippen LogP contribution is -2.41. The Balaban J connectivity index is 0.000000423. The maximum atomic E-state index is 12.4. The van der Waals surface area contributed by atoms with Crippen molar-refractivity contribution in [3.63, 3.8) is 0 Å². The highest BCUT2D eigenvalue weighted by Gasteiger charge is 2.38. The number of amides is 2. The average molecular weight is 458 g/mol. The van der Waals surface area contributed by atoms with Crippen molar-refractivity contribution in [2.45, 2.75) is 32.0 Å². The number of carboxylic acids is 1. The Bertz CT molecular complexity index is 925. The molecule has 31 heavy (non-hydrogen) atoms. The van der Waals surface area contributed by atoms with E-state index < -0.39 is 12.1 Å². The van der Waals surface area contributed by atoms with Crippen LogP contribution in [0, 0.1) is 0 Å². The molecule has 2 heterocycles. The molecule has 1 aromatic carbocycles. The molecule has 1 aliphatic heterocycles. The van der Waals surface area contributed by atoms with E-state index in [9.17, 15) is 22.8 Å². The van der Waals surface area contributed by atoms with Crippen molar-refractivity contribution in [2.75, 3.05) is 23.8 Å². The summed E-state index contributed by atoms with van der Waals surface area (Å²) in [6.45, 7) is 2.38. The number of carbonyl (C=O) groups is 3. The molecule has 2 amide bonds. The van der Waals surface area contributed by atoms with Crippen LogP contribution >= 0.6 is 11.3 Å². The van der Waals surface area contributed by atoms with Gasteiger partial charge in [0, 0.05) is 30.6 Å². The average Bonchev–Trinajstić information content (AvgIpc) is 3.39. The summed E-state index contributed by atoms with van der Waals surface area (Å²) in [6.07, 6.45) is -3.17. The smallest absolute Gasteiger partial charge is 0.475 e. The molecule has 1 saturated heterocycles. The molecule has 0 spiro atoms. The fraction of sp³-hybridized carbons (Fsp3) is 0.368. The van der Waals surface area contributed by atoms with Gasteiger partial charge in [0.25, 0.3) is 0 Å². The second-order valence-electron chi connectivity index (χ2n) is 6.62. The van der Waals surface area contributed by atoms with Crippen LogP contribution in [0.25, 0.3) is 11.3 Å². The first-order valence-electron chi connectivity index (χ1n) is 9.13. The number of likely N-dealkylation sites (N-methyl/N-ethyl adjacent to an activating group) is 1. The van der Waals surface area contributed by atoms with E-state index in [-0.39, 0.29) is 17.9 Å². The lowest BCUT2D eigenvalue weighted by molar-refractivity contribution is -0.192. The molecular weight excluding hydrogens is 437 g/mol. The number of nitrogens with zero attached hydrogens (tertiary/aromatic N) is 2. The number of halogens is 3. The number of hydrogen-bond acceptors (Lipinski definition) is 6. The van der Waals surface area contributed by atoms with Crippen LogP contribution in [0.5, 0.6) is 0 Å². The number of alkyl halides is 3. The Morgan fingerprint density at radius 3 is 2.35 bits per heavy atom. The van der Waals surface area contributed by atoms with Crippen LogP contribution in [-0.4, -0.2) is 53.7 Å². The molecule has 8 nitrogen and oxygen atoms in total. The molecule has 3 N–H and O–H groups in total. The third-order valence-corrected chi connectivity index (χ3v) is 5.13. The van der Waals surface area contributed by atoms with Crippen molar-refractivity contribution in [3.8, 4) is 11.3 Å². The Morgan fingerprint density at radius 2 is 1.87 bits per heavy atom. The number of carbonyl (C=O) groups excluding carboxylic acids is 2. The van der Waals surface area contributed by atoms with Crippen LogP contribution in [0.3, 0.4) is 0 Å². The summed E-state index contributed by atoms with van der Waals surface area (Å²) in [6, 6.07) is 7.40. The van der Waals surface area contributed by atoms with E-state index in [4.69, 9.17) is 9.90 Å². The van der Waals surface area contributed by atoms with E-state index in [0.717, 1.165) is 36.3 Å². The first-order chi connectivity index (χ1) is 14.5. The summed E-state index contributed by atoms with van der Waals surface area (Å²) in [5.41, 5.74) is 2.52. The van der Waals surface area contributed by atoms with Crippen molar-refractivity contribution >= 4 is 39.9 Å². The van der Waals surface area contributed by atoms with Gasteiger partial charge in [0.1, 0.15) is 0 Å². The van der Waals surface area contributed by atoms with Gasteiger partial charge in [-0.1, -0.05) is 12.1 Å². The van der Waals surface area contributed by atoms with E-state index in [1.165, 1.54) is 18.3 Å². The van der Waals surface area contributed by atoms with Crippen molar-refractivity contribution in [3.05, 3.63) is 29.6 Å². The summed E-state index contributed by atoms with van der Waals surface area (Å²) in [4.78, 5) is 38.6. The van der Waals surface area contributed by atoms with Crippen molar-refractivity contribution < 1.29 is 32.7 Å². The highest BCUT2D eigenvalue weighted by Crippen LogP contribution is 2.28. The number of hydrogen-bond donors (Lipinski definition) is 3. The molecule has 1 fully saturated rings. The molecule has 168 valence electrons. The van der Waals surface area contributed by atoms with E-state index >= 15 is 0 Å². The summed E-state index contributed by atoms with van der Waals surface area (Å²) in [7, 11) is 1.77. The minimum absolute atomic E-state index is 0.0643. The zero-order valence-corrected chi connectivity index (χ0v) is 17.5. The quantitative estimate of drug-likeness (QED) is 0.649. The Kier molecular flexibility index (Phi) is 8.11. The number of anilines is 2. The number of rotatable bonds is 4. The van der Waals surface area contributed by atoms with Gasteiger partial charge in [-0.25, -0.2) is 9.78 Å². The molecule has 0 bridgehead atoms. The van der Waals surface area contributed by atoms with Gasteiger partial charge >= 0.3 is 12.1 Å². The second kappa shape index (κ2) is 10.4. The maximum Gasteiger partial charge on any atom is 0.490 e. The molecule has 3 rings (SSSR count). The van der Waals surface area contributed by atoms with Gasteiger partial charge < -0.3 is 15.7 Å². The molecule has 0 unspecified atom stereocenters. The SMILES string of the molecule is CC(=O)Nc1ccc(-c2csc(N(C)C(=O)[C@@H]3CCCN3)n2)cc1.O=C(O)C(F)(F)F. The zero-order valence-electron chi connectivity index (χ0n) is 16.7. The summed E-state index contributed by atoms with van der Waals surface area (Å²) in [5.74, 6) is -2.79. The zero-order chi connectivity index (χ0) is 23.2. The minimum Gasteiger partial charge on any atom is -0.475 e. The standard InChI is InChI=1S/C17H20N4O2S.C2HF3O2/c1-11(22)19-13-7-5-12(6-8-13)15-10-24-17(20-15)21(2)16(23)14-4-3-9-18-14;3-2(4,5)1(6)7/h5-8,10,14,18H,3-4,9H2,1-2H3,(H,19,22);(H,6,7)/t14-;/m0./s1. The summed E-state index contributed by atoms with van der Waals surface area (Å²) < 4.78 is 31.7. The third kappa shape index (κ3) is 7.03. The van der Waals surface area contributed by atoms with Gasteiger partial charge in [-0.2, -0.15) is 13.2 Å². The molecule has 12 heteroatoms. The van der Waals surface area contributed by atoms with E-state index in [1.807, 2.05) is 29.6 Å². The van der Waals surface area contributed by atoms with Gasteiger partial charge in [0.15, 0.2) is 5.13 Å². The van der Waals surface area contributed by atoms with Gasteiger partial charge in [0.05, 0.1) is 11.7 Å². The molecule has 0 radical (unpaired) electrons. The van der Waals surface area contributed by atoms with E-state index in [2.05, 4.69) is 15.6 Å². The van der Waals surface area contributed by atoms with Crippen LogP contribution in [0.4, 0.5) is 24.0 Å². The van der Waals surface area contributed by atoms with E-state index in [0.29, 0.717) is 5.13 Å². The lowest BCUT2D eigenvalue weighted by atomic mass is 10.1. The number of aliphatic carboxylic acids is 1. The van der Waals surface area contributed by atoms with Crippen molar-refractivity contribution in [1.29, 1.82) is 0 Å². The molecule has 2 aromatic rings. The first kappa shape index (κ1) is 24.3. The molecule has 0 aliphatic carbocycles. The minimum atomic E-state index is -5.08. The van der Waals surface area contributed by atoms with Gasteiger partial charge in [-0.05, 0) is 31.5 Å². The number of aromatic nitrogens is 1. The third-order valence-electron chi connectivity index (χ3n) is 4.21. The Hall–Kier alpha value is -2.99. The number of carboxylic acid groups (broad SMARTS) is 1. The normalized spacial score (nSPS) is 15.6. The fourth-order valence-corrected chi connectivity index (χ4v) is 3.51. The van der Waals surface area contributed by atoms with E-state index in [1.54, 1.807) is 11.9 Å². The number of nitrogens with one attached hydrogen (secondary N) is 2. The van der Waals surface area contributed by atoms with Crippen LogP contribution in [0.15, 0.2) is 29.6 Å². The summed E-state index contributed by atoms with van der Waals surface area (Å²) >= 11 is 1.45. The Labute approximate surface area is 180 Å². The molecule has 0 saturated carbocycles. The predicted molar refractivity (Wildman–Crippen MR) is 110 cm³/mol. The van der Waals surface area contributed by atoms with Crippen LogP contribution < -0.4 is 15.5 Å². The summed E-state index contributed by atoms with van der Waals surface area (Å²) in [5, 5.41) is 15.7. The van der Waals surface area contributed by atoms with Crippen LogP contribution in [0.1, 0.15) is 19.8 Å². The van der Waals surface area contributed by atoms with Gasteiger partial charge in [-0.15, -0.1) is 11.3 Å². The van der Waals surface area contributed by atoms with Crippen molar-refractivity contribution in [1.82, 2.24) is 10.3 Å². The monoisotopic (exact) mass is 458 g/mol. The maximum absolute atomic E-state index is 12.4. The van der Waals surface area contributed by atoms with Crippen LogP contribution in [-0.2, 0) is 14.4 Å². The topological polar surface area (TPSA) is 112 Å². The molecule has 1 aliphatic rings. The largest absolute Gasteiger partial charge is 0.490 e. The highest BCUT2D eigenvalue weighted by atomic mass is 32.1. The Morgan fingerprint density at radius 1 is 1.26 bits per heavy atom. The highest BCUT2D eigenvalue weighted by molar-refractivity contribution is 7.14. The molecule has 1 atom stereocenters. The first-order valence-corrected chi connectivity index (χ1v) is 10.0. The lowest BCUT2D eigenvalue weighted by Gasteiger charge is -2.18. The van der Waals surface area contributed by atoms with Gasteiger partial charge in [-0.3, -0.25) is 14.5 Å². The van der Waals surface area contributed by atoms with Crippen LogP contribution in [0.2, 0.25) is 0 Å².